The first kappa shape index (κ1) is 16.5. The summed E-state index contributed by atoms with van der Waals surface area (Å²) in [4.78, 5) is 12.8. The number of halogens is 1. The van der Waals surface area contributed by atoms with E-state index in [1.807, 2.05) is 12.1 Å². The summed E-state index contributed by atoms with van der Waals surface area (Å²) in [5, 5.41) is 4.12. The fourth-order valence-corrected chi connectivity index (χ4v) is 3.94. The second-order valence-corrected chi connectivity index (χ2v) is 7.47. The summed E-state index contributed by atoms with van der Waals surface area (Å²) in [5.74, 6) is 0.789. The summed E-state index contributed by atoms with van der Waals surface area (Å²) >= 11 is 3.45. The number of carbonyl (C=O) groups is 1. The van der Waals surface area contributed by atoms with Gasteiger partial charge in [0, 0.05) is 16.4 Å². The molecule has 1 fully saturated rings. The lowest BCUT2D eigenvalue weighted by Gasteiger charge is -2.29. The van der Waals surface area contributed by atoms with Gasteiger partial charge in [0.15, 0.2) is 0 Å². The Morgan fingerprint density at radius 1 is 1.24 bits per heavy atom. The second kappa shape index (κ2) is 7.44. The zero-order valence-corrected chi connectivity index (χ0v) is 14.7. The molecule has 0 spiro atoms. The SMILES string of the molecule is CC(C)CC1(C(=O)Nc2ccc(CCBr)cc2)CCCC1. The molecular formula is C18H26BrNO. The van der Waals surface area contributed by atoms with Crippen molar-refractivity contribution >= 4 is 27.5 Å². The van der Waals surface area contributed by atoms with E-state index in [1.54, 1.807) is 0 Å². The molecule has 0 aliphatic heterocycles. The number of nitrogens with one attached hydrogen (secondary N) is 1. The first-order valence-electron chi connectivity index (χ1n) is 8.02. The maximum Gasteiger partial charge on any atom is 0.230 e. The van der Waals surface area contributed by atoms with Gasteiger partial charge in [0.1, 0.15) is 0 Å². The highest BCUT2D eigenvalue weighted by Gasteiger charge is 2.41. The van der Waals surface area contributed by atoms with Crippen molar-refractivity contribution in [2.45, 2.75) is 52.4 Å². The number of alkyl halides is 1. The molecule has 1 aromatic carbocycles. The van der Waals surface area contributed by atoms with E-state index in [0.717, 1.165) is 36.7 Å². The van der Waals surface area contributed by atoms with Crippen molar-refractivity contribution in [1.82, 2.24) is 0 Å². The molecule has 0 bridgehead atoms. The monoisotopic (exact) mass is 351 g/mol. The van der Waals surface area contributed by atoms with Crippen molar-refractivity contribution in [2.24, 2.45) is 11.3 Å². The Labute approximate surface area is 136 Å². The quantitative estimate of drug-likeness (QED) is 0.703. The van der Waals surface area contributed by atoms with E-state index < -0.39 is 0 Å². The smallest absolute Gasteiger partial charge is 0.230 e. The Hall–Kier alpha value is -0.830. The van der Waals surface area contributed by atoms with Gasteiger partial charge in [-0.3, -0.25) is 4.79 Å². The molecule has 116 valence electrons. The Morgan fingerprint density at radius 2 is 1.86 bits per heavy atom. The predicted molar refractivity (Wildman–Crippen MR) is 92.9 cm³/mol. The van der Waals surface area contributed by atoms with Crippen LogP contribution in [0.2, 0.25) is 0 Å². The number of amides is 1. The summed E-state index contributed by atoms with van der Waals surface area (Å²) in [6.45, 7) is 4.42. The first-order chi connectivity index (χ1) is 10.1. The van der Waals surface area contributed by atoms with Crippen LogP contribution < -0.4 is 5.32 Å². The molecule has 1 aliphatic rings. The van der Waals surface area contributed by atoms with Crippen LogP contribution in [0.3, 0.4) is 0 Å². The molecule has 1 aromatic rings. The van der Waals surface area contributed by atoms with Crippen molar-refractivity contribution in [3.05, 3.63) is 29.8 Å². The third-order valence-corrected chi connectivity index (χ3v) is 4.83. The van der Waals surface area contributed by atoms with Crippen molar-refractivity contribution in [3.63, 3.8) is 0 Å². The molecule has 1 N–H and O–H groups in total. The molecule has 1 amide bonds. The van der Waals surface area contributed by atoms with Gasteiger partial charge in [-0.2, -0.15) is 0 Å². The molecule has 2 nitrogen and oxygen atoms in total. The predicted octanol–water partition coefficient (Wildman–Crippen LogP) is 5.17. The molecule has 0 unspecified atom stereocenters. The largest absolute Gasteiger partial charge is 0.326 e. The fraction of sp³-hybridized carbons (Fsp3) is 0.611. The van der Waals surface area contributed by atoms with Gasteiger partial charge >= 0.3 is 0 Å². The Balaban J connectivity index is 2.04. The lowest BCUT2D eigenvalue weighted by Crippen LogP contribution is -2.35. The van der Waals surface area contributed by atoms with E-state index in [9.17, 15) is 4.79 Å². The average molecular weight is 352 g/mol. The third kappa shape index (κ3) is 4.32. The molecule has 2 rings (SSSR count). The third-order valence-electron chi connectivity index (χ3n) is 4.44. The maximum absolute atomic E-state index is 12.8. The summed E-state index contributed by atoms with van der Waals surface area (Å²) in [6, 6.07) is 8.24. The number of carbonyl (C=O) groups excluding carboxylic acids is 1. The molecule has 0 aromatic heterocycles. The highest BCUT2D eigenvalue weighted by atomic mass is 79.9. The average Bonchev–Trinajstić information content (AvgIpc) is 2.90. The van der Waals surface area contributed by atoms with Crippen LogP contribution >= 0.6 is 15.9 Å². The van der Waals surface area contributed by atoms with E-state index in [4.69, 9.17) is 0 Å². The zero-order valence-electron chi connectivity index (χ0n) is 13.1. The van der Waals surface area contributed by atoms with E-state index in [0.29, 0.717) is 5.92 Å². The molecular weight excluding hydrogens is 326 g/mol. The number of hydrogen-bond acceptors (Lipinski definition) is 1. The number of benzene rings is 1. The molecule has 0 saturated heterocycles. The summed E-state index contributed by atoms with van der Waals surface area (Å²) in [6.07, 6.45) is 6.47. The normalized spacial score (nSPS) is 17.1. The Morgan fingerprint density at radius 3 is 2.38 bits per heavy atom. The zero-order chi connectivity index (χ0) is 15.3. The number of rotatable bonds is 6. The van der Waals surface area contributed by atoms with E-state index in [2.05, 4.69) is 47.2 Å². The highest BCUT2D eigenvalue weighted by Crippen LogP contribution is 2.44. The number of anilines is 1. The minimum Gasteiger partial charge on any atom is -0.326 e. The first-order valence-corrected chi connectivity index (χ1v) is 9.14. The summed E-state index contributed by atoms with van der Waals surface area (Å²) in [5.41, 5.74) is 2.08. The molecule has 0 radical (unpaired) electrons. The van der Waals surface area contributed by atoms with Gasteiger partial charge in [-0.05, 0) is 49.3 Å². The van der Waals surface area contributed by atoms with Crippen molar-refractivity contribution in [1.29, 1.82) is 0 Å². The molecule has 21 heavy (non-hydrogen) atoms. The highest BCUT2D eigenvalue weighted by molar-refractivity contribution is 9.09. The summed E-state index contributed by atoms with van der Waals surface area (Å²) < 4.78 is 0. The molecule has 1 saturated carbocycles. The fourth-order valence-electron chi connectivity index (χ4n) is 3.48. The maximum atomic E-state index is 12.8. The van der Waals surface area contributed by atoms with Crippen LogP contribution in [-0.4, -0.2) is 11.2 Å². The van der Waals surface area contributed by atoms with Gasteiger partial charge in [-0.1, -0.05) is 54.8 Å². The van der Waals surface area contributed by atoms with E-state index in [1.165, 1.54) is 18.4 Å². The van der Waals surface area contributed by atoms with Gasteiger partial charge in [0.2, 0.25) is 5.91 Å². The Bertz CT molecular complexity index is 461. The van der Waals surface area contributed by atoms with E-state index >= 15 is 0 Å². The van der Waals surface area contributed by atoms with Crippen LogP contribution in [0.15, 0.2) is 24.3 Å². The van der Waals surface area contributed by atoms with Gasteiger partial charge in [0.25, 0.3) is 0 Å². The van der Waals surface area contributed by atoms with Crippen LogP contribution in [0.4, 0.5) is 5.69 Å². The van der Waals surface area contributed by atoms with Crippen molar-refractivity contribution in [2.75, 3.05) is 10.6 Å². The van der Waals surface area contributed by atoms with E-state index in [-0.39, 0.29) is 11.3 Å². The van der Waals surface area contributed by atoms with Crippen LogP contribution in [0.25, 0.3) is 0 Å². The number of hydrogen-bond donors (Lipinski definition) is 1. The van der Waals surface area contributed by atoms with Crippen LogP contribution in [0.1, 0.15) is 51.5 Å². The second-order valence-electron chi connectivity index (χ2n) is 6.68. The molecule has 1 aliphatic carbocycles. The minimum atomic E-state index is -0.136. The summed E-state index contributed by atoms with van der Waals surface area (Å²) in [7, 11) is 0. The lowest BCUT2D eigenvalue weighted by molar-refractivity contribution is -0.126. The molecule has 3 heteroatoms. The molecule has 0 atom stereocenters. The van der Waals surface area contributed by atoms with Gasteiger partial charge < -0.3 is 5.32 Å². The molecule has 0 heterocycles. The minimum absolute atomic E-state index is 0.136. The Kier molecular flexibility index (Phi) is 5.86. The van der Waals surface area contributed by atoms with Gasteiger partial charge in [-0.15, -0.1) is 0 Å². The lowest BCUT2D eigenvalue weighted by atomic mass is 9.77. The van der Waals surface area contributed by atoms with Gasteiger partial charge in [0.05, 0.1) is 0 Å². The van der Waals surface area contributed by atoms with Crippen LogP contribution in [0.5, 0.6) is 0 Å². The van der Waals surface area contributed by atoms with Crippen molar-refractivity contribution < 1.29 is 4.79 Å². The van der Waals surface area contributed by atoms with Crippen molar-refractivity contribution in [3.8, 4) is 0 Å². The van der Waals surface area contributed by atoms with Gasteiger partial charge in [-0.25, -0.2) is 0 Å². The van der Waals surface area contributed by atoms with Crippen LogP contribution in [0, 0.1) is 11.3 Å². The van der Waals surface area contributed by atoms with Crippen LogP contribution in [-0.2, 0) is 11.2 Å². The number of aryl methyl sites for hydroxylation is 1. The topological polar surface area (TPSA) is 29.1 Å². The standard InChI is InChI=1S/C18H26BrNO/c1-14(2)13-18(10-3-4-11-18)17(21)20-16-7-5-15(6-8-16)9-12-19/h5-8,14H,3-4,9-13H2,1-2H3,(H,20,21).